The second-order valence-electron chi connectivity index (χ2n) is 5.18. The summed E-state index contributed by atoms with van der Waals surface area (Å²) in [5.41, 5.74) is 2.14. The fraction of sp³-hybridized carbons (Fsp3) is 0.333. The number of hydrogen-bond acceptors (Lipinski definition) is 4. The van der Waals surface area contributed by atoms with E-state index in [2.05, 4.69) is 15.5 Å². The Morgan fingerprint density at radius 1 is 1.33 bits per heavy atom. The first-order valence-electron chi connectivity index (χ1n) is 6.85. The zero-order valence-electron chi connectivity index (χ0n) is 11.9. The molecular formula is C15H17N3O2S. The first kappa shape index (κ1) is 14.0. The van der Waals surface area contributed by atoms with Crippen LogP contribution in [-0.2, 0) is 4.79 Å². The quantitative estimate of drug-likeness (QED) is 0.915. The zero-order chi connectivity index (χ0) is 14.8. The molecule has 0 bridgehead atoms. The van der Waals surface area contributed by atoms with Crippen LogP contribution in [0.4, 0.5) is 5.82 Å². The van der Waals surface area contributed by atoms with Crippen LogP contribution in [0.2, 0.25) is 0 Å². The maximum atomic E-state index is 11.7. The van der Waals surface area contributed by atoms with Crippen molar-refractivity contribution in [2.75, 3.05) is 11.1 Å². The molecule has 5 nitrogen and oxygen atoms in total. The molecule has 0 fully saturated rings. The van der Waals surface area contributed by atoms with Crippen LogP contribution >= 0.6 is 11.8 Å². The largest absolute Gasteiger partial charge is 0.491 e. The van der Waals surface area contributed by atoms with Crippen molar-refractivity contribution in [2.45, 2.75) is 25.2 Å². The van der Waals surface area contributed by atoms with E-state index in [1.807, 2.05) is 38.1 Å². The highest BCUT2D eigenvalue weighted by Gasteiger charge is 2.25. The second kappa shape index (κ2) is 5.81. The van der Waals surface area contributed by atoms with Crippen LogP contribution in [0.25, 0.3) is 0 Å². The molecule has 3 rings (SSSR count). The van der Waals surface area contributed by atoms with Crippen LogP contribution in [-0.4, -0.2) is 28.0 Å². The van der Waals surface area contributed by atoms with Gasteiger partial charge in [0.25, 0.3) is 0 Å². The molecule has 0 radical (unpaired) electrons. The number of anilines is 1. The Bertz CT molecular complexity index is 637. The lowest BCUT2D eigenvalue weighted by Crippen LogP contribution is -2.12. The predicted octanol–water partition coefficient (Wildman–Crippen LogP) is 2.97. The van der Waals surface area contributed by atoms with Crippen LogP contribution < -0.4 is 10.1 Å². The van der Waals surface area contributed by atoms with Crippen LogP contribution in [0.15, 0.2) is 30.5 Å². The maximum Gasteiger partial charge on any atom is 0.235 e. The van der Waals surface area contributed by atoms with Crippen molar-refractivity contribution in [3.8, 4) is 5.75 Å². The number of aromatic nitrogens is 2. The molecular weight excluding hydrogens is 286 g/mol. The molecule has 1 aliphatic heterocycles. The molecule has 0 saturated heterocycles. The van der Waals surface area contributed by atoms with Gasteiger partial charge in [-0.1, -0.05) is 12.1 Å². The maximum absolute atomic E-state index is 11.7. The van der Waals surface area contributed by atoms with Gasteiger partial charge in [-0.05, 0) is 31.5 Å². The van der Waals surface area contributed by atoms with Crippen LogP contribution in [0.3, 0.4) is 0 Å². The molecule has 1 atom stereocenters. The highest BCUT2D eigenvalue weighted by Crippen LogP contribution is 2.40. The molecule has 1 unspecified atom stereocenters. The number of benzene rings is 1. The van der Waals surface area contributed by atoms with E-state index >= 15 is 0 Å². The zero-order valence-corrected chi connectivity index (χ0v) is 12.7. The minimum atomic E-state index is -0.00670. The Labute approximate surface area is 127 Å². The molecule has 0 spiro atoms. The molecule has 1 aromatic carbocycles. The summed E-state index contributed by atoms with van der Waals surface area (Å²) in [5.74, 6) is 1.97. The van der Waals surface area contributed by atoms with E-state index in [0.29, 0.717) is 11.6 Å². The summed E-state index contributed by atoms with van der Waals surface area (Å²) in [5, 5.41) is 9.81. The van der Waals surface area contributed by atoms with Gasteiger partial charge >= 0.3 is 0 Å². The third-order valence-electron chi connectivity index (χ3n) is 3.15. The van der Waals surface area contributed by atoms with E-state index in [1.165, 1.54) is 0 Å². The number of thioether (sulfide) groups is 1. The third-order valence-corrected chi connectivity index (χ3v) is 4.44. The molecule has 0 saturated carbocycles. The van der Waals surface area contributed by atoms with Crippen molar-refractivity contribution in [3.05, 3.63) is 41.6 Å². The number of aromatic amines is 1. The van der Waals surface area contributed by atoms with E-state index in [0.717, 1.165) is 16.9 Å². The Morgan fingerprint density at radius 3 is 2.81 bits per heavy atom. The van der Waals surface area contributed by atoms with E-state index in [1.54, 1.807) is 18.0 Å². The molecule has 2 heterocycles. The Kier molecular flexibility index (Phi) is 3.88. The SMILES string of the molecule is CC(C)Oc1ccc(C2SCC(=O)Nc3[nH]ncc32)cc1. The molecule has 2 aromatic rings. The van der Waals surface area contributed by atoms with Crippen LogP contribution in [0.1, 0.15) is 30.2 Å². The Hall–Kier alpha value is -1.95. The number of hydrogen-bond donors (Lipinski definition) is 2. The van der Waals surface area contributed by atoms with Gasteiger partial charge in [-0.25, -0.2) is 0 Å². The number of nitrogens with one attached hydrogen (secondary N) is 2. The summed E-state index contributed by atoms with van der Waals surface area (Å²) in [6.07, 6.45) is 1.93. The molecule has 21 heavy (non-hydrogen) atoms. The first-order valence-corrected chi connectivity index (χ1v) is 7.89. The van der Waals surface area contributed by atoms with Crippen molar-refractivity contribution < 1.29 is 9.53 Å². The van der Waals surface area contributed by atoms with Crippen molar-refractivity contribution in [1.29, 1.82) is 0 Å². The average Bonchev–Trinajstić information content (AvgIpc) is 2.82. The number of H-pyrrole nitrogens is 1. The van der Waals surface area contributed by atoms with Gasteiger partial charge in [0.1, 0.15) is 11.6 Å². The summed E-state index contributed by atoms with van der Waals surface area (Å²) in [7, 11) is 0. The number of ether oxygens (including phenoxy) is 1. The van der Waals surface area contributed by atoms with E-state index in [4.69, 9.17) is 4.74 Å². The molecule has 1 aliphatic rings. The molecule has 0 aliphatic carbocycles. The van der Waals surface area contributed by atoms with Gasteiger partial charge in [0.2, 0.25) is 5.91 Å². The van der Waals surface area contributed by atoms with E-state index < -0.39 is 0 Å². The number of nitrogens with zero attached hydrogens (tertiary/aromatic N) is 1. The van der Waals surface area contributed by atoms with E-state index in [-0.39, 0.29) is 17.3 Å². The fourth-order valence-corrected chi connectivity index (χ4v) is 3.39. The van der Waals surface area contributed by atoms with Gasteiger partial charge in [0, 0.05) is 5.56 Å². The Balaban J connectivity index is 1.88. The van der Waals surface area contributed by atoms with Gasteiger partial charge in [0.15, 0.2) is 0 Å². The van der Waals surface area contributed by atoms with Crippen molar-refractivity contribution in [1.82, 2.24) is 10.2 Å². The summed E-state index contributed by atoms with van der Waals surface area (Å²) >= 11 is 1.60. The van der Waals surface area contributed by atoms with Gasteiger partial charge < -0.3 is 10.1 Å². The minimum Gasteiger partial charge on any atom is -0.491 e. The van der Waals surface area contributed by atoms with Crippen molar-refractivity contribution >= 4 is 23.5 Å². The monoisotopic (exact) mass is 303 g/mol. The molecule has 110 valence electrons. The fourth-order valence-electron chi connectivity index (χ4n) is 2.29. The summed E-state index contributed by atoms with van der Waals surface area (Å²) in [4.78, 5) is 11.7. The van der Waals surface area contributed by atoms with Crippen molar-refractivity contribution in [2.24, 2.45) is 0 Å². The third kappa shape index (κ3) is 3.05. The lowest BCUT2D eigenvalue weighted by molar-refractivity contribution is -0.113. The highest BCUT2D eigenvalue weighted by molar-refractivity contribution is 8.00. The first-order chi connectivity index (χ1) is 10.1. The molecule has 2 N–H and O–H groups in total. The van der Waals surface area contributed by atoms with Crippen LogP contribution in [0.5, 0.6) is 5.75 Å². The minimum absolute atomic E-state index is 0.00670. The van der Waals surface area contributed by atoms with E-state index in [9.17, 15) is 4.79 Å². The summed E-state index contributed by atoms with van der Waals surface area (Å²) in [6, 6.07) is 8.02. The lowest BCUT2D eigenvalue weighted by atomic mass is 10.1. The Morgan fingerprint density at radius 2 is 2.10 bits per heavy atom. The van der Waals surface area contributed by atoms with Crippen molar-refractivity contribution in [3.63, 3.8) is 0 Å². The second-order valence-corrected chi connectivity index (χ2v) is 6.27. The standard InChI is InChI=1S/C15H17N3O2S/c1-9(2)20-11-5-3-10(4-6-11)14-12-7-16-18-15(12)17-13(19)8-21-14/h3-7,9,14H,8H2,1-2H3,(H2,16,17,18,19). The van der Waals surface area contributed by atoms with Gasteiger partial charge in [-0.2, -0.15) is 5.10 Å². The van der Waals surface area contributed by atoms with Gasteiger partial charge in [-0.3, -0.25) is 9.89 Å². The number of rotatable bonds is 3. The molecule has 6 heteroatoms. The van der Waals surface area contributed by atoms with Gasteiger partial charge in [-0.15, -0.1) is 11.8 Å². The van der Waals surface area contributed by atoms with Gasteiger partial charge in [0.05, 0.1) is 23.3 Å². The highest BCUT2D eigenvalue weighted by atomic mass is 32.2. The summed E-state index contributed by atoms with van der Waals surface area (Å²) < 4.78 is 5.66. The topological polar surface area (TPSA) is 67.0 Å². The average molecular weight is 303 g/mol. The van der Waals surface area contributed by atoms with Crippen LogP contribution in [0, 0.1) is 0 Å². The summed E-state index contributed by atoms with van der Waals surface area (Å²) in [6.45, 7) is 4.01. The molecule has 1 aromatic heterocycles. The smallest absolute Gasteiger partial charge is 0.235 e. The number of amides is 1. The molecule has 1 amide bonds. The number of carbonyl (C=O) groups is 1. The lowest BCUT2D eigenvalue weighted by Gasteiger charge is -2.15. The normalized spacial score (nSPS) is 18.0. The number of carbonyl (C=O) groups excluding carboxylic acids is 1. The predicted molar refractivity (Wildman–Crippen MR) is 83.7 cm³/mol. The number of fused-ring (bicyclic) bond motifs is 1.